The topological polar surface area (TPSA) is 124 Å². The number of aryl methyl sites for hydroxylation is 2. The molecule has 1 fully saturated rings. The summed E-state index contributed by atoms with van der Waals surface area (Å²) in [5, 5.41) is 7.90. The Morgan fingerprint density at radius 1 is 1.24 bits per heavy atom. The number of imidazole rings is 1. The average molecular weight is 366 g/mol. The molecule has 25 heavy (non-hydrogen) atoms. The van der Waals surface area contributed by atoms with E-state index in [1.165, 1.54) is 15.4 Å². The van der Waals surface area contributed by atoms with Crippen LogP contribution in [0.1, 0.15) is 17.0 Å². The number of rotatable bonds is 3. The van der Waals surface area contributed by atoms with Crippen molar-refractivity contribution in [1.29, 1.82) is 0 Å². The van der Waals surface area contributed by atoms with Crippen LogP contribution in [0.3, 0.4) is 0 Å². The molecule has 0 atom stereocenters. The minimum atomic E-state index is -3.69. The van der Waals surface area contributed by atoms with Crippen molar-refractivity contribution < 1.29 is 13.2 Å². The number of carbonyl (C=O) groups is 1. The van der Waals surface area contributed by atoms with E-state index in [1.54, 1.807) is 4.90 Å². The van der Waals surface area contributed by atoms with Crippen molar-refractivity contribution in [1.82, 2.24) is 24.5 Å². The van der Waals surface area contributed by atoms with Gasteiger partial charge in [0.15, 0.2) is 0 Å². The number of piperazine rings is 1. The maximum atomic E-state index is 12.2. The number of nitrogens with one attached hydrogen (secondary N) is 2. The lowest BCUT2D eigenvalue weighted by Gasteiger charge is -2.32. The molecular formula is C15H22N6O3S. The number of aromatic nitrogens is 2. The highest BCUT2D eigenvalue weighted by Gasteiger charge is 2.26. The second-order valence-electron chi connectivity index (χ2n) is 6.23. The number of H-pyrrole nitrogens is 1. The fourth-order valence-electron chi connectivity index (χ4n) is 2.82. The second-order valence-corrected chi connectivity index (χ2v) is 7.77. The van der Waals surface area contributed by atoms with E-state index >= 15 is 0 Å². The molecule has 0 saturated carbocycles. The third-order valence-corrected chi connectivity index (χ3v) is 5.52. The van der Waals surface area contributed by atoms with Crippen molar-refractivity contribution in [2.45, 2.75) is 20.4 Å². The quantitative estimate of drug-likeness (QED) is 0.718. The van der Waals surface area contributed by atoms with E-state index in [9.17, 15) is 13.2 Å². The summed E-state index contributed by atoms with van der Waals surface area (Å²) >= 11 is 0. The van der Waals surface area contributed by atoms with Crippen molar-refractivity contribution in [2.75, 3.05) is 26.2 Å². The van der Waals surface area contributed by atoms with Crippen molar-refractivity contribution >= 4 is 27.3 Å². The van der Waals surface area contributed by atoms with Crippen molar-refractivity contribution in [3.05, 3.63) is 29.1 Å². The first-order chi connectivity index (χ1) is 11.7. The van der Waals surface area contributed by atoms with Crippen molar-refractivity contribution in [3.8, 4) is 0 Å². The van der Waals surface area contributed by atoms with Gasteiger partial charge in [0, 0.05) is 26.2 Å². The summed E-state index contributed by atoms with van der Waals surface area (Å²) in [5.74, 6) is 0.677. The summed E-state index contributed by atoms with van der Waals surface area (Å²) < 4.78 is 23.7. The molecule has 0 bridgehead atoms. The molecule has 0 aliphatic carbocycles. The van der Waals surface area contributed by atoms with Crippen LogP contribution in [0.15, 0.2) is 12.1 Å². The maximum absolute atomic E-state index is 12.2. The van der Waals surface area contributed by atoms with Crippen LogP contribution in [-0.2, 0) is 16.8 Å². The van der Waals surface area contributed by atoms with E-state index in [4.69, 9.17) is 5.14 Å². The lowest BCUT2D eigenvalue weighted by molar-refractivity contribution is 0.172. The summed E-state index contributed by atoms with van der Waals surface area (Å²) in [5.41, 5.74) is 4.16. The predicted molar refractivity (Wildman–Crippen MR) is 94.1 cm³/mol. The zero-order valence-electron chi connectivity index (χ0n) is 14.2. The minimum Gasteiger partial charge on any atom is -0.340 e. The molecule has 0 unspecified atom stereocenters. The lowest BCUT2D eigenvalue weighted by Crippen LogP contribution is -2.54. The number of carbonyl (C=O) groups excluding carboxylic acids is 1. The first-order valence-electron chi connectivity index (χ1n) is 8.00. The first-order valence-corrected chi connectivity index (χ1v) is 9.51. The van der Waals surface area contributed by atoms with Gasteiger partial charge in [0.2, 0.25) is 0 Å². The number of benzene rings is 1. The Morgan fingerprint density at radius 2 is 1.88 bits per heavy atom. The average Bonchev–Trinajstić information content (AvgIpc) is 2.94. The van der Waals surface area contributed by atoms with Gasteiger partial charge in [-0.15, -0.1) is 0 Å². The van der Waals surface area contributed by atoms with Crippen LogP contribution in [0.25, 0.3) is 11.0 Å². The van der Waals surface area contributed by atoms with Crippen LogP contribution in [0.5, 0.6) is 0 Å². The van der Waals surface area contributed by atoms with Crippen LogP contribution in [0, 0.1) is 13.8 Å². The van der Waals surface area contributed by atoms with Gasteiger partial charge in [-0.25, -0.2) is 14.9 Å². The summed E-state index contributed by atoms with van der Waals surface area (Å²) in [7, 11) is -3.69. The molecule has 1 aromatic carbocycles. The minimum absolute atomic E-state index is 0.204. The lowest BCUT2D eigenvalue weighted by atomic mass is 10.1. The fourth-order valence-corrected chi connectivity index (χ4v) is 3.50. The van der Waals surface area contributed by atoms with Gasteiger partial charge < -0.3 is 15.2 Å². The summed E-state index contributed by atoms with van der Waals surface area (Å²) in [6.07, 6.45) is 0. The van der Waals surface area contributed by atoms with E-state index in [0.717, 1.165) is 11.0 Å². The van der Waals surface area contributed by atoms with Gasteiger partial charge in [-0.3, -0.25) is 0 Å². The van der Waals surface area contributed by atoms with E-state index in [2.05, 4.69) is 15.3 Å². The predicted octanol–water partition coefficient (Wildman–Crippen LogP) is 0.210. The van der Waals surface area contributed by atoms with E-state index in [-0.39, 0.29) is 25.7 Å². The smallest absolute Gasteiger partial charge is 0.317 e. The molecule has 9 nitrogen and oxygen atoms in total. The number of nitrogens with zero attached hydrogens (tertiary/aromatic N) is 3. The third kappa shape index (κ3) is 3.91. The maximum Gasteiger partial charge on any atom is 0.317 e. The zero-order valence-corrected chi connectivity index (χ0v) is 15.1. The van der Waals surface area contributed by atoms with Crippen LogP contribution < -0.4 is 10.5 Å². The molecule has 0 spiro atoms. The van der Waals surface area contributed by atoms with Crippen molar-refractivity contribution in [3.63, 3.8) is 0 Å². The van der Waals surface area contributed by atoms with Gasteiger partial charge in [-0.2, -0.15) is 12.7 Å². The van der Waals surface area contributed by atoms with Crippen LogP contribution in [0.4, 0.5) is 4.79 Å². The number of hydrogen-bond donors (Lipinski definition) is 3. The van der Waals surface area contributed by atoms with Crippen LogP contribution >= 0.6 is 0 Å². The fraction of sp³-hybridized carbons (Fsp3) is 0.467. The number of aromatic amines is 1. The van der Waals surface area contributed by atoms with E-state index < -0.39 is 10.2 Å². The number of hydrogen-bond acceptors (Lipinski definition) is 4. The Balaban J connectivity index is 1.58. The molecule has 3 rings (SSSR count). The van der Waals surface area contributed by atoms with Gasteiger partial charge in [-0.05, 0) is 37.1 Å². The third-order valence-electron chi connectivity index (χ3n) is 4.44. The van der Waals surface area contributed by atoms with Gasteiger partial charge in [-0.1, -0.05) is 0 Å². The molecule has 136 valence electrons. The monoisotopic (exact) mass is 366 g/mol. The first kappa shape index (κ1) is 17.6. The molecule has 1 saturated heterocycles. The number of urea groups is 1. The molecule has 1 aromatic heterocycles. The molecule has 0 radical (unpaired) electrons. The highest BCUT2D eigenvalue weighted by molar-refractivity contribution is 7.86. The molecule has 1 aliphatic heterocycles. The second kappa shape index (κ2) is 6.62. The van der Waals surface area contributed by atoms with Crippen LogP contribution in [-0.4, -0.2) is 59.8 Å². The molecular weight excluding hydrogens is 344 g/mol. The molecule has 1 aliphatic rings. The summed E-state index contributed by atoms with van der Waals surface area (Å²) in [6.45, 7) is 5.37. The van der Waals surface area contributed by atoms with Gasteiger partial charge in [0.1, 0.15) is 5.82 Å². The van der Waals surface area contributed by atoms with E-state index in [0.29, 0.717) is 18.9 Å². The zero-order chi connectivity index (χ0) is 18.2. The highest BCUT2D eigenvalue weighted by Crippen LogP contribution is 2.17. The SMILES string of the molecule is Cc1cc2nc(CNC(=O)N3CCN(S(N)(=O)=O)CC3)[nH]c2cc1C. The Bertz CT molecular complexity index is 860. The Labute approximate surface area is 146 Å². The Morgan fingerprint density at radius 3 is 2.52 bits per heavy atom. The largest absolute Gasteiger partial charge is 0.340 e. The number of amides is 2. The van der Waals surface area contributed by atoms with Gasteiger partial charge >= 0.3 is 6.03 Å². The molecule has 4 N–H and O–H groups in total. The summed E-state index contributed by atoms with van der Waals surface area (Å²) in [6, 6.07) is 3.80. The van der Waals surface area contributed by atoms with E-state index in [1.807, 2.05) is 26.0 Å². The normalized spacial score (nSPS) is 16.4. The summed E-state index contributed by atoms with van der Waals surface area (Å²) in [4.78, 5) is 21.5. The molecule has 10 heteroatoms. The molecule has 2 heterocycles. The standard InChI is InChI=1S/C15H22N6O3S/c1-10-7-12-13(8-11(10)2)19-14(18-12)9-17-15(22)20-3-5-21(6-4-20)25(16,23)24/h7-8H,3-6,9H2,1-2H3,(H,17,22)(H,18,19)(H2,16,23,24). The van der Waals surface area contributed by atoms with Gasteiger partial charge in [0.25, 0.3) is 10.2 Å². The number of fused-ring (bicyclic) bond motifs is 1. The number of nitrogens with two attached hydrogens (primary N) is 1. The van der Waals surface area contributed by atoms with Crippen LogP contribution in [0.2, 0.25) is 0 Å². The van der Waals surface area contributed by atoms with Gasteiger partial charge in [0.05, 0.1) is 17.6 Å². The molecule has 2 aromatic rings. The molecule has 2 amide bonds. The Kier molecular flexibility index (Phi) is 4.67. The Hall–Kier alpha value is -2.17. The van der Waals surface area contributed by atoms with Crippen molar-refractivity contribution in [2.24, 2.45) is 5.14 Å². The highest BCUT2D eigenvalue weighted by atomic mass is 32.2.